The molecule has 0 aliphatic heterocycles. The van der Waals surface area contributed by atoms with Gasteiger partial charge in [0.05, 0.1) is 0 Å². The zero-order valence-corrected chi connectivity index (χ0v) is 11.6. The number of rotatable bonds is 7. The van der Waals surface area contributed by atoms with Crippen molar-refractivity contribution >= 4 is 11.4 Å². The zero-order chi connectivity index (χ0) is 14.5. The standard InChI is InChI=1S/C14H18N4O2/c1-18(2)8-7-16-11-12(14(20)13(11)19)17-9-10-3-5-15-6-4-10/h3-6,16-17H,7-9H2,1-2H3. The van der Waals surface area contributed by atoms with E-state index in [2.05, 4.69) is 15.6 Å². The van der Waals surface area contributed by atoms with Gasteiger partial charge in [0.25, 0.3) is 10.9 Å². The van der Waals surface area contributed by atoms with Crippen LogP contribution in [0, 0.1) is 0 Å². The molecule has 0 bridgehead atoms. The molecule has 0 spiro atoms. The van der Waals surface area contributed by atoms with Crippen LogP contribution in [-0.4, -0.2) is 37.1 Å². The minimum Gasteiger partial charge on any atom is -0.379 e. The average Bonchev–Trinajstić information content (AvgIpc) is 2.45. The Morgan fingerprint density at radius 3 is 2.25 bits per heavy atom. The predicted molar refractivity (Wildman–Crippen MR) is 80.0 cm³/mol. The van der Waals surface area contributed by atoms with Crippen LogP contribution in [0.4, 0.5) is 11.4 Å². The van der Waals surface area contributed by atoms with E-state index in [0.29, 0.717) is 24.5 Å². The third kappa shape index (κ3) is 3.21. The first-order valence-corrected chi connectivity index (χ1v) is 6.44. The van der Waals surface area contributed by atoms with Crippen LogP contribution < -0.4 is 21.5 Å². The third-order valence-corrected chi connectivity index (χ3v) is 2.99. The maximum Gasteiger partial charge on any atom is 0.253 e. The van der Waals surface area contributed by atoms with Crippen molar-refractivity contribution in [3.63, 3.8) is 0 Å². The summed E-state index contributed by atoms with van der Waals surface area (Å²) in [4.78, 5) is 29.0. The molecular weight excluding hydrogens is 256 g/mol. The van der Waals surface area contributed by atoms with Crippen LogP contribution in [-0.2, 0) is 6.54 Å². The van der Waals surface area contributed by atoms with Crippen molar-refractivity contribution in [2.75, 3.05) is 37.8 Å². The summed E-state index contributed by atoms with van der Waals surface area (Å²) in [6.07, 6.45) is 3.38. The maximum atomic E-state index is 11.6. The molecule has 0 amide bonds. The Morgan fingerprint density at radius 2 is 1.65 bits per heavy atom. The monoisotopic (exact) mass is 274 g/mol. The van der Waals surface area contributed by atoms with E-state index in [-0.39, 0.29) is 0 Å². The first-order valence-electron chi connectivity index (χ1n) is 6.44. The van der Waals surface area contributed by atoms with E-state index in [4.69, 9.17) is 0 Å². The molecular formula is C14H18N4O2. The average molecular weight is 274 g/mol. The Balaban J connectivity index is 1.96. The van der Waals surface area contributed by atoms with Gasteiger partial charge < -0.3 is 15.5 Å². The zero-order valence-electron chi connectivity index (χ0n) is 11.6. The molecule has 0 radical (unpaired) electrons. The Labute approximate surface area is 117 Å². The second kappa shape index (κ2) is 6.29. The van der Waals surface area contributed by atoms with Crippen molar-refractivity contribution in [3.8, 4) is 0 Å². The molecule has 0 aliphatic rings. The second-order valence-electron chi connectivity index (χ2n) is 4.85. The number of likely N-dealkylation sites (N-methyl/N-ethyl adjacent to an activating group) is 1. The highest BCUT2D eigenvalue weighted by Crippen LogP contribution is 2.15. The number of nitrogens with one attached hydrogen (secondary N) is 2. The minimum absolute atomic E-state index is 0.380. The van der Waals surface area contributed by atoms with Gasteiger partial charge in [-0.1, -0.05) is 0 Å². The van der Waals surface area contributed by atoms with Crippen molar-refractivity contribution in [2.45, 2.75) is 6.54 Å². The lowest BCUT2D eigenvalue weighted by atomic mass is 10.1. The molecule has 20 heavy (non-hydrogen) atoms. The van der Waals surface area contributed by atoms with Crippen LogP contribution in [0.15, 0.2) is 34.1 Å². The summed E-state index contributed by atoms with van der Waals surface area (Å²) in [5.41, 5.74) is 0.885. The van der Waals surface area contributed by atoms with Crippen molar-refractivity contribution in [1.82, 2.24) is 9.88 Å². The molecule has 6 heteroatoms. The number of pyridine rings is 1. The number of aromatic nitrogens is 1. The molecule has 2 rings (SSSR count). The first kappa shape index (κ1) is 14.2. The number of hydrogen-bond acceptors (Lipinski definition) is 6. The molecule has 1 aromatic heterocycles. The highest BCUT2D eigenvalue weighted by atomic mass is 16.2. The van der Waals surface area contributed by atoms with Gasteiger partial charge in [0.15, 0.2) is 0 Å². The molecule has 0 atom stereocenters. The summed E-state index contributed by atoms with van der Waals surface area (Å²) in [5, 5.41) is 6.02. The minimum atomic E-state index is -0.452. The van der Waals surface area contributed by atoms with Crippen molar-refractivity contribution in [1.29, 1.82) is 0 Å². The third-order valence-electron chi connectivity index (χ3n) is 2.99. The summed E-state index contributed by atoms with van der Waals surface area (Å²) in [6.45, 7) is 1.92. The van der Waals surface area contributed by atoms with E-state index in [1.807, 2.05) is 31.1 Å². The normalized spacial score (nSPS) is 10.9. The smallest absolute Gasteiger partial charge is 0.253 e. The molecule has 0 saturated carbocycles. The summed E-state index contributed by atoms with van der Waals surface area (Å²) in [6, 6.07) is 3.72. The Morgan fingerprint density at radius 1 is 1.05 bits per heavy atom. The quantitative estimate of drug-likeness (QED) is 0.706. The number of anilines is 2. The van der Waals surface area contributed by atoms with E-state index < -0.39 is 10.9 Å². The molecule has 0 saturated heterocycles. The molecule has 106 valence electrons. The van der Waals surface area contributed by atoms with Gasteiger partial charge >= 0.3 is 0 Å². The number of hydrogen-bond donors (Lipinski definition) is 2. The fourth-order valence-corrected chi connectivity index (χ4v) is 1.82. The van der Waals surface area contributed by atoms with Crippen LogP contribution in [0.2, 0.25) is 0 Å². The largest absolute Gasteiger partial charge is 0.379 e. The Kier molecular flexibility index (Phi) is 4.47. The van der Waals surface area contributed by atoms with Gasteiger partial charge in [-0.2, -0.15) is 0 Å². The van der Waals surface area contributed by atoms with E-state index >= 15 is 0 Å². The summed E-state index contributed by atoms with van der Waals surface area (Å²) >= 11 is 0. The predicted octanol–water partition coefficient (Wildman–Crippen LogP) is 0.263. The lowest BCUT2D eigenvalue weighted by Gasteiger charge is -2.16. The Hall–Kier alpha value is -2.21. The van der Waals surface area contributed by atoms with Gasteiger partial charge in [0, 0.05) is 32.0 Å². The van der Waals surface area contributed by atoms with Crippen LogP contribution >= 0.6 is 0 Å². The molecule has 0 aliphatic carbocycles. The van der Waals surface area contributed by atoms with Crippen LogP contribution in [0.5, 0.6) is 0 Å². The first-order chi connectivity index (χ1) is 9.59. The molecule has 1 heterocycles. The molecule has 2 N–H and O–H groups in total. The molecule has 1 aromatic carbocycles. The summed E-state index contributed by atoms with van der Waals surface area (Å²) < 4.78 is 0. The van der Waals surface area contributed by atoms with Gasteiger partial charge in [0.2, 0.25) is 0 Å². The topological polar surface area (TPSA) is 74.3 Å². The lowest BCUT2D eigenvalue weighted by molar-refractivity contribution is 0.425. The van der Waals surface area contributed by atoms with Gasteiger partial charge in [-0.3, -0.25) is 14.6 Å². The van der Waals surface area contributed by atoms with Crippen molar-refractivity contribution < 1.29 is 0 Å². The lowest BCUT2D eigenvalue weighted by Crippen LogP contribution is -2.38. The fraction of sp³-hybridized carbons (Fsp3) is 0.357. The molecule has 0 fully saturated rings. The maximum absolute atomic E-state index is 11.6. The Bertz CT molecular complexity index is 630. The molecule has 2 aromatic rings. The second-order valence-corrected chi connectivity index (χ2v) is 4.85. The summed E-state index contributed by atoms with van der Waals surface area (Å²) in [7, 11) is 3.90. The van der Waals surface area contributed by atoms with Crippen molar-refractivity contribution in [2.24, 2.45) is 0 Å². The van der Waals surface area contributed by atoms with Crippen LogP contribution in [0.3, 0.4) is 0 Å². The molecule has 6 nitrogen and oxygen atoms in total. The summed E-state index contributed by atoms with van der Waals surface area (Å²) in [5.74, 6) is 0. The fourth-order valence-electron chi connectivity index (χ4n) is 1.82. The van der Waals surface area contributed by atoms with E-state index in [9.17, 15) is 9.59 Å². The van der Waals surface area contributed by atoms with E-state index in [0.717, 1.165) is 12.1 Å². The highest BCUT2D eigenvalue weighted by Gasteiger charge is 2.19. The van der Waals surface area contributed by atoms with E-state index in [1.54, 1.807) is 12.4 Å². The van der Waals surface area contributed by atoms with Gasteiger partial charge in [-0.25, -0.2) is 0 Å². The van der Waals surface area contributed by atoms with Crippen LogP contribution in [0.1, 0.15) is 5.56 Å². The SMILES string of the molecule is CN(C)CCNc1c(NCc2ccncc2)c(=O)c1=O. The van der Waals surface area contributed by atoms with Crippen LogP contribution in [0.25, 0.3) is 0 Å². The number of nitrogens with zero attached hydrogens (tertiary/aromatic N) is 2. The van der Waals surface area contributed by atoms with Crippen molar-refractivity contribution in [3.05, 3.63) is 50.5 Å². The van der Waals surface area contributed by atoms with Gasteiger partial charge in [-0.15, -0.1) is 0 Å². The van der Waals surface area contributed by atoms with Gasteiger partial charge in [0.1, 0.15) is 11.4 Å². The molecule has 0 unspecified atom stereocenters. The van der Waals surface area contributed by atoms with Gasteiger partial charge in [-0.05, 0) is 31.8 Å². The van der Waals surface area contributed by atoms with E-state index in [1.165, 1.54) is 0 Å². The highest BCUT2D eigenvalue weighted by molar-refractivity contribution is 5.73.